The lowest BCUT2D eigenvalue weighted by atomic mass is 9.91. The number of amides is 1. The molecular weight excluding hydrogens is 429 g/mol. The van der Waals surface area contributed by atoms with Gasteiger partial charge in [-0.3, -0.25) is 9.78 Å². The number of rotatable bonds is 6. The quantitative estimate of drug-likeness (QED) is 0.662. The zero-order chi connectivity index (χ0) is 23.1. The van der Waals surface area contributed by atoms with E-state index in [1.165, 1.54) is 0 Å². The highest BCUT2D eigenvalue weighted by molar-refractivity contribution is 5.94. The molecule has 3 aliphatic rings. The van der Waals surface area contributed by atoms with Crippen LogP contribution < -0.4 is 0 Å². The first kappa shape index (κ1) is 24.2. The fraction of sp³-hybridized carbons (Fsp3) is 0.591. The number of aliphatic carboxylic acids is 1. The number of nitrogens with zero attached hydrogens (tertiary/aromatic N) is 2. The van der Waals surface area contributed by atoms with Crippen LogP contribution in [0.15, 0.2) is 36.2 Å². The summed E-state index contributed by atoms with van der Waals surface area (Å²) in [5.74, 6) is -1.55. The molecule has 2 aliphatic heterocycles. The van der Waals surface area contributed by atoms with Gasteiger partial charge in [0.15, 0.2) is 0 Å². The fourth-order valence-electron chi connectivity index (χ4n) is 4.23. The van der Waals surface area contributed by atoms with E-state index < -0.39 is 12.1 Å². The van der Waals surface area contributed by atoms with Crippen molar-refractivity contribution in [1.29, 1.82) is 0 Å². The molecule has 3 atom stereocenters. The van der Waals surface area contributed by atoms with Gasteiger partial charge in [0, 0.05) is 43.6 Å². The van der Waals surface area contributed by atoms with Crippen molar-refractivity contribution in [1.82, 2.24) is 9.88 Å². The molecule has 0 saturated carbocycles. The van der Waals surface area contributed by atoms with Crippen LogP contribution in [0.2, 0.25) is 0 Å². The molecule has 32 heavy (non-hydrogen) atoms. The molecule has 10 heteroatoms. The molecule has 176 valence electrons. The zero-order valence-electron chi connectivity index (χ0n) is 17.6. The molecule has 4 rings (SSSR count). The number of ether oxygens (including phenoxy) is 2. The molecule has 0 unspecified atom stereocenters. The van der Waals surface area contributed by atoms with E-state index in [2.05, 4.69) is 11.1 Å². The predicted molar refractivity (Wildman–Crippen MR) is 107 cm³/mol. The largest absolute Gasteiger partial charge is 0.490 e. The Morgan fingerprint density at radius 1 is 1.25 bits per heavy atom. The summed E-state index contributed by atoms with van der Waals surface area (Å²) in [5, 5.41) is 7.12. The minimum Gasteiger partial charge on any atom is -0.475 e. The number of hydrogen-bond donors (Lipinski definition) is 1. The lowest BCUT2D eigenvalue weighted by Crippen LogP contribution is -2.32. The molecule has 7 nitrogen and oxygen atoms in total. The Morgan fingerprint density at radius 3 is 2.59 bits per heavy atom. The number of likely N-dealkylation sites (tertiary alicyclic amines) is 1. The first-order chi connectivity index (χ1) is 15.3. The van der Waals surface area contributed by atoms with E-state index in [9.17, 15) is 18.0 Å². The molecular formula is C22H27F3N2O5. The van der Waals surface area contributed by atoms with Crippen LogP contribution in [-0.4, -0.2) is 65.5 Å². The van der Waals surface area contributed by atoms with Gasteiger partial charge in [-0.25, -0.2) is 4.79 Å². The second-order valence-electron chi connectivity index (χ2n) is 8.13. The van der Waals surface area contributed by atoms with Gasteiger partial charge in [-0.1, -0.05) is 6.08 Å². The van der Waals surface area contributed by atoms with Crippen LogP contribution in [0.25, 0.3) is 0 Å². The van der Waals surface area contributed by atoms with Gasteiger partial charge in [0.2, 0.25) is 5.91 Å². The summed E-state index contributed by atoms with van der Waals surface area (Å²) in [4.78, 5) is 27.5. The number of carboxylic acid groups (broad SMARTS) is 1. The van der Waals surface area contributed by atoms with Crippen LogP contribution >= 0.6 is 0 Å². The number of halogens is 3. The van der Waals surface area contributed by atoms with Gasteiger partial charge in [0.1, 0.15) is 0 Å². The maximum absolute atomic E-state index is 12.6. The van der Waals surface area contributed by atoms with Crippen LogP contribution in [0.1, 0.15) is 31.2 Å². The van der Waals surface area contributed by atoms with Crippen molar-refractivity contribution in [3.05, 3.63) is 41.7 Å². The lowest BCUT2D eigenvalue weighted by molar-refractivity contribution is -0.192. The Kier molecular flexibility index (Phi) is 8.25. The van der Waals surface area contributed by atoms with E-state index in [0.29, 0.717) is 18.4 Å². The highest BCUT2D eigenvalue weighted by Crippen LogP contribution is 2.36. The second kappa shape index (κ2) is 10.9. The standard InChI is InChI=1S/C20H26N2O3.C2HF3O2/c23-20(16-3-1-2-4-16)22-11-18-17(14-25-19(18)12-22)7-10-24-13-15-5-8-21-9-6-15;3-2(4,5)1(6)7/h3,5-6,8-9,17-19H,1-2,4,7,10-14H2;(H,6,7)/t17-,18-,19-;/m0./s1. The van der Waals surface area contributed by atoms with Crippen molar-refractivity contribution in [2.45, 2.75) is 44.6 Å². The topological polar surface area (TPSA) is 89.0 Å². The number of pyridine rings is 1. The number of fused-ring (bicyclic) bond motifs is 1. The van der Waals surface area contributed by atoms with Crippen molar-refractivity contribution in [3.63, 3.8) is 0 Å². The third-order valence-electron chi connectivity index (χ3n) is 5.94. The van der Waals surface area contributed by atoms with Gasteiger partial charge < -0.3 is 19.5 Å². The summed E-state index contributed by atoms with van der Waals surface area (Å²) < 4.78 is 43.5. The molecule has 1 aromatic rings. The normalized spacial score (nSPS) is 24.5. The number of hydrogen-bond acceptors (Lipinski definition) is 5. The maximum atomic E-state index is 12.6. The fourth-order valence-corrected chi connectivity index (χ4v) is 4.23. The number of alkyl halides is 3. The Morgan fingerprint density at radius 2 is 1.97 bits per heavy atom. The molecule has 1 amide bonds. The van der Waals surface area contributed by atoms with Gasteiger partial charge in [-0.15, -0.1) is 0 Å². The maximum Gasteiger partial charge on any atom is 0.490 e. The molecule has 0 aromatic carbocycles. The van der Waals surface area contributed by atoms with Gasteiger partial charge in [-0.2, -0.15) is 13.2 Å². The number of carboxylic acids is 1. The third-order valence-corrected chi connectivity index (χ3v) is 5.94. The molecule has 1 aliphatic carbocycles. The van der Waals surface area contributed by atoms with Crippen LogP contribution in [0.3, 0.4) is 0 Å². The van der Waals surface area contributed by atoms with Crippen molar-refractivity contribution < 1.29 is 37.3 Å². The minimum absolute atomic E-state index is 0.219. The number of carbonyl (C=O) groups is 2. The van der Waals surface area contributed by atoms with Crippen LogP contribution in [0, 0.1) is 11.8 Å². The predicted octanol–water partition coefficient (Wildman–Crippen LogP) is 3.21. The van der Waals surface area contributed by atoms with Gasteiger partial charge in [0.05, 0.1) is 19.3 Å². The highest BCUT2D eigenvalue weighted by Gasteiger charge is 2.45. The van der Waals surface area contributed by atoms with E-state index >= 15 is 0 Å². The summed E-state index contributed by atoms with van der Waals surface area (Å²) in [6.07, 6.45) is 4.94. The molecule has 1 aromatic heterocycles. The molecule has 0 spiro atoms. The summed E-state index contributed by atoms with van der Waals surface area (Å²) >= 11 is 0. The molecule has 0 radical (unpaired) electrons. The van der Waals surface area contributed by atoms with Gasteiger partial charge in [-0.05, 0) is 49.3 Å². The molecule has 2 fully saturated rings. The summed E-state index contributed by atoms with van der Waals surface area (Å²) in [7, 11) is 0. The second-order valence-corrected chi connectivity index (χ2v) is 8.13. The van der Waals surface area contributed by atoms with Crippen LogP contribution in [-0.2, 0) is 25.7 Å². The Labute approximate surface area is 184 Å². The third kappa shape index (κ3) is 6.52. The van der Waals surface area contributed by atoms with E-state index in [1.54, 1.807) is 12.4 Å². The SMILES string of the molecule is O=C(C1=CCCC1)N1C[C@H]2[C@@H](CCOCc3ccncc3)CO[C@H]2C1.O=C(O)C(F)(F)F. The number of allylic oxidation sites excluding steroid dienone is 1. The molecule has 3 heterocycles. The Balaban J connectivity index is 0.000000360. The summed E-state index contributed by atoms with van der Waals surface area (Å²) in [6.45, 7) is 3.77. The molecule has 1 N–H and O–H groups in total. The monoisotopic (exact) mass is 456 g/mol. The van der Waals surface area contributed by atoms with E-state index in [-0.39, 0.29) is 12.0 Å². The van der Waals surface area contributed by atoms with Crippen molar-refractivity contribution >= 4 is 11.9 Å². The van der Waals surface area contributed by atoms with Crippen molar-refractivity contribution in [2.24, 2.45) is 11.8 Å². The lowest BCUT2D eigenvalue weighted by Gasteiger charge is -2.20. The van der Waals surface area contributed by atoms with Gasteiger partial charge >= 0.3 is 12.1 Å². The van der Waals surface area contributed by atoms with Gasteiger partial charge in [0.25, 0.3) is 0 Å². The average molecular weight is 456 g/mol. The molecule has 2 saturated heterocycles. The Hall–Kier alpha value is -2.46. The van der Waals surface area contributed by atoms with E-state index in [4.69, 9.17) is 19.4 Å². The van der Waals surface area contributed by atoms with E-state index in [0.717, 1.165) is 63.1 Å². The Bertz CT molecular complexity index is 816. The van der Waals surface area contributed by atoms with Crippen LogP contribution in [0.5, 0.6) is 0 Å². The first-order valence-electron chi connectivity index (χ1n) is 10.6. The van der Waals surface area contributed by atoms with Crippen molar-refractivity contribution in [2.75, 3.05) is 26.3 Å². The van der Waals surface area contributed by atoms with Crippen molar-refractivity contribution in [3.8, 4) is 0 Å². The minimum atomic E-state index is -5.08. The number of carbonyl (C=O) groups excluding carboxylic acids is 1. The zero-order valence-corrected chi connectivity index (χ0v) is 17.6. The number of aromatic nitrogens is 1. The van der Waals surface area contributed by atoms with E-state index in [1.807, 2.05) is 17.0 Å². The summed E-state index contributed by atoms with van der Waals surface area (Å²) in [5.41, 5.74) is 2.16. The smallest absolute Gasteiger partial charge is 0.475 e. The molecule has 0 bridgehead atoms. The highest BCUT2D eigenvalue weighted by atomic mass is 19.4. The van der Waals surface area contributed by atoms with Crippen LogP contribution in [0.4, 0.5) is 13.2 Å². The first-order valence-corrected chi connectivity index (χ1v) is 10.6. The average Bonchev–Trinajstić information content (AvgIpc) is 3.49. The summed E-state index contributed by atoms with van der Waals surface area (Å²) in [6, 6.07) is 3.96.